The summed E-state index contributed by atoms with van der Waals surface area (Å²) in [6.07, 6.45) is 4.78. The lowest BCUT2D eigenvalue weighted by molar-refractivity contribution is 0.0960. The molecule has 170 valence electrons. The molecule has 3 aromatic rings. The van der Waals surface area contributed by atoms with Crippen LogP contribution >= 0.6 is 0 Å². The molecular formula is C26H32N2O4. The van der Waals surface area contributed by atoms with Gasteiger partial charge in [-0.2, -0.15) is 0 Å². The smallest absolute Gasteiger partial charge is 0.294 e. The molecular weight excluding hydrogens is 404 g/mol. The number of carbonyl (C=O) groups is 1. The largest absolute Gasteiger partial charge is 0.493 e. The Hall–Kier alpha value is -2.99. The summed E-state index contributed by atoms with van der Waals surface area (Å²) in [6, 6.07) is 13.4. The molecule has 1 fully saturated rings. The van der Waals surface area contributed by atoms with Gasteiger partial charge in [0, 0.05) is 17.8 Å². The maximum atomic E-state index is 13.7. The standard InChI is InChI=1S/C26H32N2O4/c1-19-23-21(13-14-22(30-2)25(23)31-3)32-24(19)26(29)28(20-11-6-4-7-12-20)18-10-17-27-15-8-5-9-16-27/h4,6-7,11-14H,5,8-10,15-18H2,1-3H3. The van der Waals surface area contributed by atoms with Gasteiger partial charge in [0.25, 0.3) is 5.91 Å². The van der Waals surface area contributed by atoms with E-state index in [1.165, 1.54) is 19.3 Å². The van der Waals surface area contributed by atoms with Crippen LogP contribution in [0, 0.1) is 6.92 Å². The maximum absolute atomic E-state index is 13.7. The van der Waals surface area contributed by atoms with E-state index in [0.29, 0.717) is 29.4 Å². The number of hydrogen-bond donors (Lipinski definition) is 0. The highest BCUT2D eigenvalue weighted by Gasteiger charge is 2.27. The summed E-state index contributed by atoms with van der Waals surface area (Å²) in [5, 5.41) is 0.775. The van der Waals surface area contributed by atoms with Crippen LogP contribution in [0.5, 0.6) is 11.5 Å². The zero-order valence-electron chi connectivity index (χ0n) is 19.2. The molecule has 2 heterocycles. The first-order chi connectivity index (χ1) is 15.6. The molecule has 0 spiro atoms. The number of fused-ring (bicyclic) bond motifs is 1. The molecule has 32 heavy (non-hydrogen) atoms. The second-order valence-corrected chi connectivity index (χ2v) is 8.28. The molecule has 1 aromatic heterocycles. The highest BCUT2D eigenvalue weighted by atomic mass is 16.5. The third kappa shape index (κ3) is 4.46. The van der Waals surface area contributed by atoms with Crippen LogP contribution < -0.4 is 14.4 Å². The van der Waals surface area contributed by atoms with Gasteiger partial charge in [-0.15, -0.1) is 0 Å². The number of methoxy groups -OCH3 is 2. The summed E-state index contributed by atoms with van der Waals surface area (Å²) < 4.78 is 17.1. The molecule has 1 aliphatic rings. The van der Waals surface area contributed by atoms with Crippen LogP contribution in [0.1, 0.15) is 41.8 Å². The minimum atomic E-state index is -0.135. The van der Waals surface area contributed by atoms with Gasteiger partial charge in [0.05, 0.1) is 19.6 Å². The van der Waals surface area contributed by atoms with Crippen molar-refractivity contribution >= 4 is 22.6 Å². The van der Waals surface area contributed by atoms with Crippen molar-refractivity contribution in [1.82, 2.24) is 4.90 Å². The third-order valence-electron chi connectivity index (χ3n) is 6.25. The fourth-order valence-corrected chi connectivity index (χ4v) is 4.57. The van der Waals surface area contributed by atoms with E-state index in [1.54, 1.807) is 20.3 Å². The van der Waals surface area contributed by atoms with Crippen molar-refractivity contribution in [2.24, 2.45) is 0 Å². The Morgan fingerprint density at radius 2 is 1.78 bits per heavy atom. The van der Waals surface area contributed by atoms with Crippen LogP contribution in [0.25, 0.3) is 11.0 Å². The van der Waals surface area contributed by atoms with E-state index in [9.17, 15) is 4.79 Å². The summed E-state index contributed by atoms with van der Waals surface area (Å²) in [7, 11) is 3.20. The first-order valence-corrected chi connectivity index (χ1v) is 11.4. The van der Waals surface area contributed by atoms with Crippen LogP contribution in [0.3, 0.4) is 0 Å². The number of piperidine rings is 1. The number of benzene rings is 2. The van der Waals surface area contributed by atoms with E-state index < -0.39 is 0 Å². The second kappa shape index (κ2) is 10.1. The summed E-state index contributed by atoms with van der Waals surface area (Å²) in [4.78, 5) is 18.1. The average molecular weight is 437 g/mol. The molecule has 1 amide bonds. The summed E-state index contributed by atoms with van der Waals surface area (Å²) in [6.45, 7) is 5.85. The van der Waals surface area contributed by atoms with Crippen LogP contribution in [0.4, 0.5) is 5.69 Å². The van der Waals surface area contributed by atoms with Gasteiger partial charge in [0.1, 0.15) is 5.58 Å². The van der Waals surface area contributed by atoms with Crippen molar-refractivity contribution < 1.29 is 18.7 Å². The van der Waals surface area contributed by atoms with Gasteiger partial charge in [-0.1, -0.05) is 24.6 Å². The highest BCUT2D eigenvalue weighted by molar-refractivity contribution is 6.09. The summed E-state index contributed by atoms with van der Waals surface area (Å²) >= 11 is 0. The SMILES string of the molecule is COc1ccc2oc(C(=O)N(CCCN3CCCCC3)c3ccccc3)c(C)c2c1OC. The number of nitrogens with zero attached hydrogens (tertiary/aromatic N) is 2. The van der Waals surface area contributed by atoms with E-state index >= 15 is 0 Å². The number of para-hydroxylation sites is 1. The molecule has 0 saturated carbocycles. The van der Waals surface area contributed by atoms with E-state index in [4.69, 9.17) is 13.9 Å². The Labute approximate surface area is 189 Å². The number of rotatable bonds is 8. The number of furan rings is 1. The number of aryl methyl sites for hydroxylation is 1. The van der Waals surface area contributed by atoms with E-state index in [1.807, 2.05) is 48.2 Å². The topological polar surface area (TPSA) is 55.2 Å². The van der Waals surface area contributed by atoms with E-state index in [-0.39, 0.29) is 5.91 Å². The lowest BCUT2D eigenvalue weighted by atomic mass is 10.1. The Kier molecular flexibility index (Phi) is 7.00. The van der Waals surface area contributed by atoms with Crippen molar-refractivity contribution in [3.8, 4) is 11.5 Å². The van der Waals surface area contributed by atoms with Crippen LogP contribution in [0.2, 0.25) is 0 Å². The quantitative estimate of drug-likeness (QED) is 0.481. The molecule has 0 bridgehead atoms. The van der Waals surface area contributed by atoms with Gasteiger partial charge >= 0.3 is 0 Å². The zero-order chi connectivity index (χ0) is 22.5. The molecule has 1 aliphatic heterocycles. The first kappa shape index (κ1) is 22.2. The number of hydrogen-bond acceptors (Lipinski definition) is 5. The normalized spacial score (nSPS) is 14.5. The van der Waals surface area contributed by atoms with Gasteiger partial charge in [0.15, 0.2) is 17.3 Å². The number of likely N-dealkylation sites (tertiary alicyclic amines) is 1. The molecule has 4 rings (SSSR count). The van der Waals surface area contributed by atoms with Crippen LogP contribution in [0.15, 0.2) is 46.9 Å². The van der Waals surface area contributed by atoms with E-state index in [0.717, 1.165) is 42.7 Å². The predicted molar refractivity (Wildman–Crippen MR) is 127 cm³/mol. The number of ether oxygens (including phenoxy) is 2. The van der Waals surface area contributed by atoms with Crippen LogP contribution in [-0.4, -0.2) is 51.2 Å². The molecule has 0 unspecified atom stereocenters. The monoisotopic (exact) mass is 436 g/mol. The zero-order valence-corrected chi connectivity index (χ0v) is 19.2. The van der Waals surface area contributed by atoms with Gasteiger partial charge in [-0.05, 0) is 70.1 Å². The van der Waals surface area contributed by atoms with E-state index in [2.05, 4.69) is 4.90 Å². The predicted octanol–water partition coefficient (Wildman–Crippen LogP) is 5.28. The van der Waals surface area contributed by atoms with Crippen molar-refractivity contribution in [3.63, 3.8) is 0 Å². The lowest BCUT2D eigenvalue weighted by Crippen LogP contribution is -2.36. The molecule has 0 atom stereocenters. The Morgan fingerprint density at radius 1 is 1.03 bits per heavy atom. The minimum absolute atomic E-state index is 0.135. The van der Waals surface area contributed by atoms with Gasteiger partial charge < -0.3 is 23.7 Å². The molecule has 0 radical (unpaired) electrons. The molecule has 6 nitrogen and oxygen atoms in total. The minimum Gasteiger partial charge on any atom is -0.493 e. The number of carbonyl (C=O) groups excluding carboxylic acids is 1. The number of anilines is 1. The van der Waals surface area contributed by atoms with Crippen LogP contribution in [-0.2, 0) is 0 Å². The van der Waals surface area contributed by atoms with Gasteiger partial charge in [0.2, 0.25) is 0 Å². The van der Waals surface area contributed by atoms with Crippen molar-refractivity contribution in [3.05, 3.63) is 53.8 Å². The van der Waals surface area contributed by atoms with Gasteiger partial charge in [-0.3, -0.25) is 4.79 Å². The number of amides is 1. The molecule has 2 aromatic carbocycles. The second-order valence-electron chi connectivity index (χ2n) is 8.28. The van der Waals surface area contributed by atoms with Gasteiger partial charge in [-0.25, -0.2) is 0 Å². The summed E-state index contributed by atoms with van der Waals surface area (Å²) in [5.41, 5.74) is 2.25. The molecule has 0 N–H and O–H groups in total. The first-order valence-electron chi connectivity index (χ1n) is 11.4. The fourth-order valence-electron chi connectivity index (χ4n) is 4.57. The highest BCUT2D eigenvalue weighted by Crippen LogP contribution is 2.40. The Bertz CT molecular complexity index is 1050. The summed E-state index contributed by atoms with van der Waals surface area (Å²) in [5.74, 6) is 1.41. The fraction of sp³-hybridized carbons (Fsp3) is 0.423. The molecule has 0 aliphatic carbocycles. The molecule has 1 saturated heterocycles. The van der Waals surface area contributed by atoms with Crippen molar-refractivity contribution in [2.75, 3.05) is 45.3 Å². The third-order valence-corrected chi connectivity index (χ3v) is 6.25. The molecule has 6 heteroatoms. The maximum Gasteiger partial charge on any atom is 0.294 e. The lowest BCUT2D eigenvalue weighted by Gasteiger charge is -2.28. The Morgan fingerprint density at radius 3 is 2.47 bits per heavy atom. The van der Waals surface area contributed by atoms with Crippen molar-refractivity contribution in [2.45, 2.75) is 32.6 Å². The van der Waals surface area contributed by atoms with Crippen molar-refractivity contribution in [1.29, 1.82) is 0 Å². The average Bonchev–Trinajstić information content (AvgIpc) is 3.18. The Balaban J connectivity index is 1.63.